The first-order chi connectivity index (χ1) is 25.6. The molecule has 0 saturated carbocycles. The summed E-state index contributed by atoms with van der Waals surface area (Å²) in [6, 6.07) is 26.4. The molecule has 1 aliphatic rings. The molecule has 5 aromatic rings. The van der Waals surface area contributed by atoms with Gasteiger partial charge in [-0.05, 0) is 83.8 Å². The van der Waals surface area contributed by atoms with Crippen molar-refractivity contribution in [3.8, 4) is 16.9 Å². The number of carbonyl (C=O) groups is 1. The average molecular weight is 767 g/mol. The van der Waals surface area contributed by atoms with Crippen molar-refractivity contribution in [1.82, 2.24) is 0 Å². The second-order valence-electron chi connectivity index (χ2n) is 11.7. The fraction of sp³-hybridized carbons (Fsp3) is 0.0556. The van der Waals surface area contributed by atoms with Gasteiger partial charge in [0.2, 0.25) is 5.78 Å². The molecule has 1 aliphatic carbocycles. The first-order valence-corrected chi connectivity index (χ1v) is 18.6. The molecule has 16 nitrogen and oxygen atoms in total. The third kappa shape index (κ3) is 7.91. The number of hydrogen-bond acceptors (Lipinski definition) is 14. The summed E-state index contributed by atoms with van der Waals surface area (Å²) < 4.78 is 74.7. The lowest BCUT2D eigenvalue weighted by Crippen LogP contribution is -2.28. The molecule has 0 amide bonds. The highest BCUT2D eigenvalue weighted by molar-refractivity contribution is 7.91. The first-order valence-electron chi connectivity index (χ1n) is 15.7. The molecule has 54 heavy (non-hydrogen) atoms. The van der Waals surface area contributed by atoms with Crippen LogP contribution in [0.2, 0.25) is 0 Å². The summed E-state index contributed by atoms with van der Waals surface area (Å²) in [7, 11) is -8.59. The molecule has 5 aromatic carbocycles. The summed E-state index contributed by atoms with van der Waals surface area (Å²) in [5.74, 6) is -0.574. The van der Waals surface area contributed by atoms with Crippen LogP contribution in [-0.2, 0) is 20.2 Å². The van der Waals surface area contributed by atoms with Crippen molar-refractivity contribution in [2.45, 2.75) is 11.8 Å². The molecule has 0 fully saturated rings. The van der Waals surface area contributed by atoms with Crippen LogP contribution in [0.5, 0.6) is 5.75 Å². The van der Waals surface area contributed by atoms with Gasteiger partial charge in [-0.3, -0.25) is 19.3 Å². The van der Waals surface area contributed by atoms with Gasteiger partial charge in [-0.1, -0.05) is 42.5 Å². The van der Waals surface area contributed by atoms with Crippen LogP contribution < -0.4 is 21.6 Å². The highest BCUT2D eigenvalue weighted by atomic mass is 32.2. The molecule has 0 aromatic heterocycles. The fourth-order valence-electron chi connectivity index (χ4n) is 5.38. The van der Waals surface area contributed by atoms with Gasteiger partial charge in [-0.2, -0.15) is 37.3 Å². The summed E-state index contributed by atoms with van der Waals surface area (Å²) in [5.41, 5.74) is 17.1. The minimum absolute atomic E-state index is 0.256. The number of Topliss-reactive ketones (excluding diaryl/α,β-unsaturated/α-hetero) is 1. The second kappa shape index (κ2) is 14.8. The Hall–Kier alpha value is -6.60. The Morgan fingerprint density at radius 2 is 1.33 bits per heavy atom. The summed E-state index contributed by atoms with van der Waals surface area (Å²) in [6.45, 7) is 1.87. The Labute approximate surface area is 309 Å². The number of hydrazone groups is 1. The number of anilines is 3. The lowest BCUT2D eigenvalue weighted by molar-refractivity contribution is 0.106. The number of nitrogens with zero attached hydrogens (tertiary/aromatic N) is 5. The molecule has 0 atom stereocenters. The molecule has 7 N–H and O–H groups in total. The highest BCUT2D eigenvalue weighted by Crippen LogP contribution is 2.41. The number of ether oxygens (including phenoxy) is 1. The molecule has 0 bridgehead atoms. The van der Waals surface area contributed by atoms with Crippen LogP contribution in [0, 0.1) is 6.92 Å². The number of ketones is 1. The summed E-state index contributed by atoms with van der Waals surface area (Å²) in [5, 5.41) is 20.6. The summed E-state index contributed by atoms with van der Waals surface area (Å²) in [4.78, 5) is 11.9. The Morgan fingerprint density at radius 1 is 0.741 bits per heavy atom. The highest BCUT2D eigenvalue weighted by Gasteiger charge is 2.37. The zero-order valence-corrected chi connectivity index (χ0v) is 30.0. The Bertz CT molecular complexity index is 2640. The third-order valence-electron chi connectivity index (χ3n) is 8.08. The van der Waals surface area contributed by atoms with Gasteiger partial charge < -0.3 is 16.2 Å². The van der Waals surface area contributed by atoms with E-state index in [0.29, 0.717) is 28.5 Å². The lowest BCUT2D eigenvalue weighted by Gasteiger charge is -2.20. The molecule has 0 saturated heterocycles. The molecule has 274 valence electrons. The Morgan fingerprint density at radius 3 is 1.89 bits per heavy atom. The van der Waals surface area contributed by atoms with Crippen molar-refractivity contribution in [3.63, 3.8) is 0 Å². The van der Waals surface area contributed by atoms with Crippen LogP contribution in [0.3, 0.4) is 0 Å². The van der Waals surface area contributed by atoms with E-state index in [9.17, 15) is 30.7 Å². The number of aryl methyl sites for hydroxylation is 1. The number of allylic oxidation sites excluding steroid dienone is 1. The lowest BCUT2D eigenvalue weighted by atomic mass is 9.92. The zero-order chi connectivity index (χ0) is 38.8. The number of methoxy groups -OCH3 is 1. The average Bonchev–Trinajstić information content (AvgIpc) is 3.13. The minimum atomic E-state index is -5.06. The quantitative estimate of drug-likeness (QED) is 0.0396. The van der Waals surface area contributed by atoms with Crippen LogP contribution >= 0.6 is 0 Å². The molecule has 0 spiro atoms. The monoisotopic (exact) mass is 766 g/mol. The van der Waals surface area contributed by atoms with E-state index < -0.39 is 52.9 Å². The maximum Gasteiger partial charge on any atom is 0.296 e. The largest absolute Gasteiger partial charge is 0.495 e. The minimum Gasteiger partial charge on any atom is -0.495 e. The van der Waals surface area contributed by atoms with Crippen LogP contribution in [0.1, 0.15) is 21.5 Å². The molecule has 0 aliphatic heterocycles. The number of nitrogens with two attached hydrogens (primary N) is 2. The number of azo groups is 2. The number of carbonyl (C=O) groups excluding carboxylic acids is 1. The van der Waals surface area contributed by atoms with Gasteiger partial charge in [0.1, 0.15) is 21.2 Å². The predicted octanol–water partition coefficient (Wildman–Crippen LogP) is 7.81. The fourth-order valence-corrected chi connectivity index (χ4v) is 6.71. The van der Waals surface area contributed by atoms with Gasteiger partial charge in [0.25, 0.3) is 20.2 Å². The van der Waals surface area contributed by atoms with E-state index >= 15 is 0 Å². The van der Waals surface area contributed by atoms with Gasteiger partial charge in [-0.15, -0.1) is 5.11 Å². The zero-order valence-electron chi connectivity index (χ0n) is 28.4. The van der Waals surface area contributed by atoms with Crippen molar-refractivity contribution >= 4 is 77.6 Å². The van der Waals surface area contributed by atoms with Crippen molar-refractivity contribution in [3.05, 3.63) is 119 Å². The SMILES string of the molecule is COc1cc(N=Nc2ccc(-c3ccc(N=Nc4c(S(=O)(=O)O)cc5c(c4N)C(=O)/C(=N\Nc4ccccc4)C(S(=O)(=O)O)=C5)cc3)cc2)c(C)cc1N. The van der Waals surface area contributed by atoms with E-state index in [2.05, 4.69) is 31.0 Å². The van der Waals surface area contributed by atoms with Gasteiger partial charge >= 0.3 is 0 Å². The number of rotatable bonds is 10. The normalized spacial score (nSPS) is 14.0. The summed E-state index contributed by atoms with van der Waals surface area (Å²) >= 11 is 0. The maximum absolute atomic E-state index is 13.7. The standard InChI is InChI=1S/C36H30N8O8S2/c1-20-16-27(37)29(52-2)19-28(20)42-39-25-12-8-21(9-13-25)22-10-14-26(15-11-22)41-43-34-30(53(46,47)48)17-23-18-31(54(49,50)51)35(36(45)32(23)33(34)38)44-40-24-6-4-3-5-7-24/h3-19,40H,37-38H2,1-2H3,(H,46,47,48)(H,49,50,51)/b42-39?,43-41?,44-35-. The van der Waals surface area contributed by atoms with Crippen molar-refractivity contribution in [2.75, 3.05) is 24.0 Å². The van der Waals surface area contributed by atoms with E-state index in [1.165, 1.54) is 7.11 Å². The van der Waals surface area contributed by atoms with E-state index in [4.69, 9.17) is 16.2 Å². The van der Waals surface area contributed by atoms with Crippen LogP contribution in [0.4, 0.5) is 39.8 Å². The molecule has 6 rings (SSSR count). The van der Waals surface area contributed by atoms with Crippen LogP contribution in [0.25, 0.3) is 17.2 Å². The van der Waals surface area contributed by atoms with Crippen LogP contribution in [-0.4, -0.2) is 44.5 Å². The van der Waals surface area contributed by atoms with Gasteiger partial charge in [0.05, 0.1) is 46.8 Å². The summed E-state index contributed by atoms with van der Waals surface area (Å²) in [6.07, 6.45) is 0.815. The Kier molecular flexibility index (Phi) is 10.2. The maximum atomic E-state index is 13.7. The first kappa shape index (κ1) is 37.2. The number of fused-ring (bicyclic) bond motifs is 1. The molecular formula is C36H30N8O8S2. The Balaban J connectivity index is 1.28. The van der Waals surface area contributed by atoms with E-state index in [0.717, 1.165) is 28.8 Å². The number of hydrogen-bond donors (Lipinski definition) is 5. The third-order valence-corrected chi connectivity index (χ3v) is 9.81. The van der Waals surface area contributed by atoms with Crippen molar-refractivity contribution in [2.24, 2.45) is 25.6 Å². The smallest absolute Gasteiger partial charge is 0.296 e. The number of benzene rings is 5. The second-order valence-corrected chi connectivity index (χ2v) is 14.5. The van der Waals surface area contributed by atoms with Gasteiger partial charge in [0.15, 0.2) is 5.71 Å². The molecule has 0 radical (unpaired) electrons. The van der Waals surface area contributed by atoms with Crippen molar-refractivity contribution < 1.29 is 35.5 Å². The topological polar surface area (TPSA) is 261 Å². The van der Waals surface area contributed by atoms with Gasteiger partial charge in [-0.25, -0.2) is 0 Å². The molecule has 0 unspecified atom stereocenters. The molecular weight excluding hydrogens is 737 g/mol. The number of nitrogen functional groups attached to an aromatic ring is 2. The van der Waals surface area contributed by atoms with Gasteiger partial charge in [0, 0.05) is 6.07 Å². The van der Waals surface area contributed by atoms with E-state index in [-0.39, 0.29) is 16.8 Å². The molecule has 18 heteroatoms. The van der Waals surface area contributed by atoms with Crippen LogP contribution in [0.15, 0.2) is 132 Å². The van der Waals surface area contributed by atoms with Crippen molar-refractivity contribution in [1.29, 1.82) is 0 Å². The number of para-hydroxylation sites is 1. The molecule has 0 heterocycles. The number of nitrogens with one attached hydrogen (secondary N) is 1. The van der Waals surface area contributed by atoms with E-state index in [1.807, 2.05) is 19.1 Å². The van der Waals surface area contributed by atoms with E-state index in [1.54, 1.807) is 78.9 Å². The predicted molar refractivity (Wildman–Crippen MR) is 204 cm³/mol.